The molecule has 0 radical (unpaired) electrons. The topological polar surface area (TPSA) is 62.6 Å². The number of carbonyl (C=O) groups is 1. The molecule has 0 aliphatic carbocycles. The smallest absolute Gasteiger partial charge is 0.271 e. The molecule has 0 bridgehead atoms. The lowest BCUT2D eigenvalue weighted by Crippen LogP contribution is -2.47. The van der Waals surface area contributed by atoms with Crippen molar-refractivity contribution in [3.63, 3.8) is 0 Å². The maximum Gasteiger partial charge on any atom is 0.271 e. The lowest BCUT2D eigenvalue weighted by Gasteiger charge is -2.36. The molecular formula is C31H35Cl4N5O2. The van der Waals surface area contributed by atoms with Gasteiger partial charge in [0.15, 0.2) is 0 Å². The fourth-order valence-corrected chi connectivity index (χ4v) is 5.50. The van der Waals surface area contributed by atoms with Crippen LogP contribution < -0.4 is 15.0 Å². The van der Waals surface area contributed by atoms with E-state index in [4.69, 9.17) is 32.9 Å². The Bertz CT molecular complexity index is 1460. The highest BCUT2D eigenvalue weighted by atomic mass is 35.5. The number of hydrogen-bond acceptors (Lipinski definition) is 5. The molecule has 11 heteroatoms. The van der Waals surface area contributed by atoms with Gasteiger partial charge in [0.05, 0.1) is 28.5 Å². The summed E-state index contributed by atoms with van der Waals surface area (Å²) in [6.07, 6.45) is 0.855. The highest BCUT2D eigenvalue weighted by molar-refractivity contribution is 6.43. The quantitative estimate of drug-likeness (QED) is 0.199. The molecule has 0 spiro atoms. The molecule has 5 rings (SSSR count). The number of nitrogens with zero attached hydrogens (tertiary/aromatic N) is 4. The maximum absolute atomic E-state index is 13.3. The zero-order chi connectivity index (χ0) is 28.1. The number of imidazole rings is 1. The van der Waals surface area contributed by atoms with Crippen LogP contribution in [0.25, 0.3) is 17.1 Å². The van der Waals surface area contributed by atoms with Crippen molar-refractivity contribution >= 4 is 59.6 Å². The van der Waals surface area contributed by atoms with Crippen molar-refractivity contribution in [2.24, 2.45) is 0 Å². The normalized spacial score (nSPS) is 13.2. The lowest BCUT2D eigenvalue weighted by atomic mass is 10.2. The van der Waals surface area contributed by atoms with E-state index in [-0.39, 0.29) is 30.7 Å². The highest BCUT2D eigenvalue weighted by Gasteiger charge is 2.22. The molecule has 1 fully saturated rings. The third-order valence-corrected chi connectivity index (χ3v) is 8.08. The zero-order valence-corrected chi connectivity index (χ0v) is 26.7. The number of methoxy groups -OCH3 is 1. The number of halogens is 4. The second-order valence-corrected chi connectivity index (χ2v) is 10.6. The predicted octanol–water partition coefficient (Wildman–Crippen LogP) is 6.95. The first-order chi connectivity index (χ1) is 19.5. The summed E-state index contributed by atoms with van der Waals surface area (Å²) < 4.78 is 7.34. The predicted molar refractivity (Wildman–Crippen MR) is 177 cm³/mol. The van der Waals surface area contributed by atoms with Crippen LogP contribution in [-0.4, -0.2) is 66.7 Å². The van der Waals surface area contributed by atoms with Crippen LogP contribution in [0.2, 0.25) is 10.0 Å². The van der Waals surface area contributed by atoms with Crippen LogP contribution in [0.15, 0.2) is 72.8 Å². The van der Waals surface area contributed by atoms with E-state index in [0.717, 1.165) is 73.4 Å². The number of rotatable bonds is 9. The first-order valence-corrected chi connectivity index (χ1v) is 14.2. The first-order valence-electron chi connectivity index (χ1n) is 13.4. The fourth-order valence-electron chi connectivity index (χ4n) is 5.08. The van der Waals surface area contributed by atoms with Crippen LogP contribution in [0.4, 0.5) is 5.69 Å². The zero-order valence-electron chi connectivity index (χ0n) is 23.6. The monoisotopic (exact) mass is 649 g/mol. The van der Waals surface area contributed by atoms with Gasteiger partial charge in [0, 0.05) is 44.0 Å². The molecule has 1 saturated heterocycles. The first kappa shape index (κ1) is 33.6. The van der Waals surface area contributed by atoms with E-state index in [2.05, 4.69) is 15.1 Å². The Morgan fingerprint density at radius 1 is 0.929 bits per heavy atom. The number of anilines is 1. The highest BCUT2D eigenvalue weighted by Crippen LogP contribution is 2.33. The van der Waals surface area contributed by atoms with Gasteiger partial charge in [-0.25, -0.2) is 4.98 Å². The van der Waals surface area contributed by atoms with Crippen molar-refractivity contribution in [1.29, 1.82) is 0 Å². The second kappa shape index (κ2) is 15.5. The minimum Gasteiger partial charge on any atom is -0.497 e. The van der Waals surface area contributed by atoms with Crippen molar-refractivity contribution in [2.75, 3.05) is 51.3 Å². The summed E-state index contributed by atoms with van der Waals surface area (Å²) in [4.78, 5) is 22.7. The van der Waals surface area contributed by atoms with Crippen LogP contribution in [-0.2, 0) is 0 Å². The SMILES string of the molecule is COc1ccc(-n2c(-c3ccccc3)nc(C(=O)NCCCN3CCN(c4cccc(Cl)c4Cl)CC3)c2C)cc1.Cl.Cl. The van der Waals surface area contributed by atoms with Gasteiger partial charge in [0.1, 0.15) is 17.3 Å². The average Bonchev–Trinajstić information content (AvgIpc) is 3.34. The number of amides is 1. The van der Waals surface area contributed by atoms with Gasteiger partial charge in [-0.2, -0.15) is 0 Å². The molecule has 224 valence electrons. The standard InChI is InChI=1S/C31H33Cl2N5O2.2ClH/c1-22-29(35-30(23-8-4-3-5-9-23)38(22)24-12-14-25(40-2)15-13-24)31(39)34-16-7-17-36-18-20-37(21-19-36)27-11-6-10-26(32)28(27)33;;/h3-6,8-15H,7,16-21H2,1-2H3,(H,34,39);2*1H. The average molecular weight is 651 g/mol. The summed E-state index contributed by atoms with van der Waals surface area (Å²) in [6, 6.07) is 23.4. The Morgan fingerprint density at radius 2 is 1.62 bits per heavy atom. The maximum atomic E-state index is 13.3. The Morgan fingerprint density at radius 3 is 2.29 bits per heavy atom. The fraction of sp³-hybridized carbons (Fsp3) is 0.290. The minimum absolute atomic E-state index is 0. The Balaban J connectivity index is 0.00000242. The largest absolute Gasteiger partial charge is 0.497 e. The molecule has 0 atom stereocenters. The number of ether oxygens (including phenoxy) is 1. The molecule has 1 aliphatic heterocycles. The summed E-state index contributed by atoms with van der Waals surface area (Å²) in [7, 11) is 1.65. The molecule has 1 N–H and O–H groups in total. The van der Waals surface area contributed by atoms with E-state index >= 15 is 0 Å². The Hall–Kier alpha value is -2.94. The molecule has 1 amide bonds. The van der Waals surface area contributed by atoms with Gasteiger partial charge in [-0.3, -0.25) is 14.3 Å². The molecule has 1 aliphatic rings. The van der Waals surface area contributed by atoms with Crippen molar-refractivity contribution in [3.05, 3.63) is 94.2 Å². The van der Waals surface area contributed by atoms with E-state index in [0.29, 0.717) is 22.3 Å². The summed E-state index contributed by atoms with van der Waals surface area (Å²) in [5, 5.41) is 4.28. The summed E-state index contributed by atoms with van der Waals surface area (Å²) in [6.45, 7) is 7.06. The van der Waals surface area contributed by atoms with Gasteiger partial charge in [-0.05, 0) is 56.3 Å². The molecule has 0 unspecified atom stereocenters. The van der Waals surface area contributed by atoms with Crippen molar-refractivity contribution in [1.82, 2.24) is 19.8 Å². The van der Waals surface area contributed by atoms with Gasteiger partial charge in [0.2, 0.25) is 0 Å². The number of aromatic nitrogens is 2. The number of nitrogens with one attached hydrogen (secondary N) is 1. The van der Waals surface area contributed by atoms with Gasteiger partial charge in [-0.15, -0.1) is 24.8 Å². The van der Waals surface area contributed by atoms with E-state index in [1.54, 1.807) is 7.11 Å². The molecule has 3 aromatic carbocycles. The van der Waals surface area contributed by atoms with Crippen LogP contribution in [0.5, 0.6) is 5.75 Å². The Labute approximate surface area is 269 Å². The third kappa shape index (κ3) is 7.52. The van der Waals surface area contributed by atoms with Gasteiger partial charge in [0.25, 0.3) is 5.91 Å². The number of piperazine rings is 1. The van der Waals surface area contributed by atoms with Crippen molar-refractivity contribution in [3.8, 4) is 22.8 Å². The van der Waals surface area contributed by atoms with E-state index in [1.807, 2.05) is 84.3 Å². The Kier molecular flexibility index (Phi) is 12.4. The van der Waals surface area contributed by atoms with Gasteiger partial charge < -0.3 is 15.0 Å². The van der Waals surface area contributed by atoms with Crippen LogP contribution in [0, 0.1) is 6.92 Å². The second-order valence-electron chi connectivity index (χ2n) is 9.78. The molecule has 42 heavy (non-hydrogen) atoms. The third-order valence-electron chi connectivity index (χ3n) is 7.27. The van der Waals surface area contributed by atoms with Crippen LogP contribution in [0.3, 0.4) is 0 Å². The molecule has 1 aromatic heterocycles. The number of benzene rings is 3. The number of carbonyl (C=O) groups excluding carboxylic acids is 1. The summed E-state index contributed by atoms with van der Waals surface area (Å²) in [5.41, 5.74) is 4.07. The number of hydrogen-bond donors (Lipinski definition) is 1. The molecular weight excluding hydrogens is 616 g/mol. The molecule has 0 saturated carbocycles. The van der Waals surface area contributed by atoms with Crippen molar-refractivity contribution in [2.45, 2.75) is 13.3 Å². The summed E-state index contributed by atoms with van der Waals surface area (Å²) >= 11 is 12.6. The van der Waals surface area contributed by atoms with Crippen LogP contribution in [0.1, 0.15) is 22.6 Å². The molecule has 2 heterocycles. The molecule has 4 aromatic rings. The van der Waals surface area contributed by atoms with Crippen molar-refractivity contribution < 1.29 is 9.53 Å². The van der Waals surface area contributed by atoms with Crippen LogP contribution >= 0.6 is 48.0 Å². The molecule has 7 nitrogen and oxygen atoms in total. The lowest BCUT2D eigenvalue weighted by molar-refractivity contribution is 0.0946. The summed E-state index contributed by atoms with van der Waals surface area (Å²) in [5.74, 6) is 1.34. The minimum atomic E-state index is -0.164. The van der Waals surface area contributed by atoms with Gasteiger partial charge >= 0.3 is 0 Å². The van der Waals surface area contributed by atoms with E-state index < -0.39 is 0 Å². The van der Waals surface area contributed by atoms with Gasteiger partial charge in [-0.1, -0.05) is 59.6 Å². The van der Waals surface area contributed by atoms with E-state index in [1.165, 1.54) is 0 Å². The van der Waals surface area contributed by atoms with E-state index in [9.17, 15) is 4.79 Å².